The van der Waals surface area contributed by atoms with Crippen LogP contribution in [-0.2, 0) is 36.4 Å². The second-order valence-corrected chi connectivity index (χ2v) is 13.9. The van der Waals surface area contributed by atoms with E-state index in [1.807, 2.05) is 4.90 Å². The van der Waals surface area contributed by atoms with Gasteiger partial charge in [-0.2, -0.15) is 8.42 Å². The summed E-state index contributed by atoms with van der Waals surface area (Å²) >= 11 is 0. The standard InChI is InChI=1S/C31H30F2N8O8S/c1-37-28-20(41(31(37)47)21-6-7-23(43)35-30(21)46)5-4-19(27(28)33)39-10-8-38(9-11-39)14-24(44)34-17-2-3-18-16(12-17)13-22(42)29(26(18)32)40-15-25(45)36-50(40,48)49/h2-5,12-13,21,42H,6-11,14-15H2,1H3,(H,34,44)(H,36,45)(H,35,43,46). The Labute approximate surface area is 282 Å². The van der Waals surface area contributed by atoms with Crippen molar-refractivity contribution in [3.05, 3.63) is 58.5 Å². The highest BCUT2D eigenvalue weighted by molar-refractivity contribution is 7.92. The number of nitrogens with one attached hydrogen (secondary N) is 3. The quantitative estimate of drug-likeness (QED) is 0.203. The van der Waals surface area contributed by atoms with E-state index in [1.54, 1.807) is 21.8 Å². The van der Waals surface area contributed by atoms with Crippen LogP contribution in [0.1, 0.15) is 18.9 Å². The summed E-state index contributed by atoms with van der Waals surface area (Å²) in [5.41, 5.74) is -0.411. The van der Waals surface area contributed by atoms with Crippen molar-refractivity contribution in [2.24, 2.45) is 7.05 Å². The number of hydrogen-bond acceptors (Lipinski definition) is 10. The Kier molecular flexibility index (Phi) is 7.97. The Morgan fingerprint density at radius 1 is 1.00 bits per heavy atom. The lowest BCUT2D eigenvalue weighted by molar-refractivity contribution is -0.135. The number of carbonyl (C=O) groups excluding carboxylic acids is 4. The number of aromatic nitrogens is 2. The Hall–Kier alpha value is -5.56. The Bertz CT molecular complexity index is 2320. The average Bonchev–Trinajstić information content (AvgIpc) is 3.47. The SMILES string of the molecule is Cn1c(=O)n(C2CCC(=O)NC2=O)c2ccc(N3CCN(CC(=O)Nc4ccc5c(F)c(N6CC(=O)NS6(=O)=O)c(O)cc5c4)CC3)c(F)c21. The fraction of sp³-hybridized carbons (Fsp3) is 0.323. The first-order chi connectivity index (χ1) is 23.7. The van der Waals surface area contributed by atoms with Gasteiger partial charge in [-0.25, -0.2) is 22.6 Å². The number of phenolic OH excluding ortho intramolecular Hbond substituents is 1. The average molecular weight is 713 g/mol. The monoisotopic (exact) mass is 712 g/mol. The number of carbonyl (C=O) groups is 4. The maximum atomic E-state index is 16.0. The van der Waals surface area contributed by atoms with Crippen molar-refractivity contribution in [2.75, 3.05) is 53.8 Å². The maximum absolute atomic E-state index is 16.0. The summed E-state index contributed by atoms with van der Waals surface area (Å²) < 4.78 is 60.3. The van der Waals surface area contributed by atoms with Crippen molar-refractivity contribution in [1.82, 2.24) is 24.1 Å². The third-order valence-electron chi connectivity index (χ3n) is 9.15. The molecule has 4 heterocycles. The van der Waals surface area contributed by atoms with Crippen LogP contribution in [0.15, 0.2) is 41.2 Å². The number of hydrogen-bond donors (Lipinski definition) is 4. The Balaban J connectivity index is 1.01. The summed E-state index contributed by atoms with van der Waals surface area (Å²) in [5, 5.41) is 15.6. The number of nitrogens with zero attached hydrogens (tertiary/aromatic N) is 5. The summed E-state index contributed by atoms with van der Waals surface area (Å²) in [6, 6.07) is 7.49. The van der Waals surface area contributed by atoms with E-state index in [-0.39, 0.29) is 52.8 Å². The van der Waals surface area contributed by atoms with E-state index < -0.39 is 69.3 Å². The summed E-state index contributed by atoms with van der Waals surface area (Å²) in [6.07, 6.45) is 0.190. The van der Waals surface area contributed by atoms with Gasteiger partial charge >= 0.3 is 15.9 Å². The molecule has 1 unspecified atom stereocenters. The minimum atomic E-state index is -4.36. The van der Waals surface area contributed by atoms with Crippen LogP contribution in [0.3, 0.4) is 0 Å². The van der Waals surface area contributed by atoms with E-state index in [4.69, 9.17) is 0 Å². The molecule has 0 aliphatic carbocycles. The van der Waals surface area contributed by atoms with Crippen LogP contribution in [0, 0.1) is 11.6 Å². The minimum Gasteiger partial charge on any atom is -0.506 e. The first-order valence-corrected chi connectivity index (χ1v) is 17.0. The molecule has 4 amide bonds. The van der Waals surface area contributed by atoms with Crippen molar-refractivity contribution in [3.8, 4) is 5.75 Å². The first-order valence-electron chi connectivity index (χ1n) is 15.5. The third-order valence-corrected chi connectivity index (χ3v) is 10.5. The van der Waals surface area contributed by atoms with Gasteiger partial charge in [-0.3, -0.25) is 38.5 Å². The van der Waals surface area contributed by atoms with Crippen molar-refractivity contribution >= 4 is 72.7 Å². The van der Waals surface area contributed by atoms with Crippen LogP contribution < -0.4 is 30.3 Å². The summed E-state index contributed by atoms with van der Waals surface area (Å²) in [4.78, 5) is 65.4. The highest BCUT2D eigenvalue weighted by Gasteiger charge is 2.38. The van der Waals surface area contributed by atoms with Crippen LogP contribution >= 0.6 is 0 Å². The number of benzene rings is 3. The smallest absolute Gasteiger partial charge is 0.329 e. The number of aryl methyl sites for hydroxylation is 1. The molecule has 4 N–H and O–H groups in total. The number of imide groups is 1. The van der Waals surface area contributed by atoms with E-state index in [2.05, 4.69) is 10.6 Å². The zero-order valence-corrected chi connectivity index (χ0v) is 27.2. The molecule has 3 saturated heterocycles. The fourth-order valence-corrected chi connectivity index (χ4v) is 7.90. The highest BCUT2D eigenvalue weighted by Crippen LogP contribution is 2.39. The van der Waals surface area contributed by atoms with Gasteiger partial charge in [0, 0.05) is 50.7 Å². The zero-order valence-electron chi connectivity index (χ0n) is 26.4. The van der Waals surface area contributed by atoms with Crippen LogP contribution in [-0.4, -0.2) is 90.5 Å². The Morgan fingerprint density at radius 2 is 1.74 bits per heavy atom. The number of phenols is 1. The number of halogens is 2. The number of piperazine rings is 1. The topological polar surface area (TPSA) is 195 Å². The number of imidazole rings is 1. The number of fused-ring (bicyclic) bond motifs is 2. The molecule has 0 bridgehead atoms. The maximum Gasteiger partial charge on any atom is 0.329 e. The highest BCUT2D eigenvalue weighted by atomic mass is 32.2. The van der Waals surface area contributed by atoms with E-state index in [0.717, 1.165) is 10.6 Å². The van der Waals surface area contributed by atoms with Gasteiger partial charge in [0.15, 0.2) is 11.6 Å². The largest absolute Gasteiger partial charge is 0.506 e. The number of anilines is 3. The molecule has 16 nitrogen and oxygen atoms in total. The third kappa shape index (κ3) is 5.56. The lowest BCUT2D eigenvalue weighted by Gasteiger charge is -2.36. The molecule has 262 valence electrons. The van der Waals surface area contributed by atoms with Gasteiger partial charge in [-0.1, -0.05) is 0 Å². The molecule has 1 aromatic heterocycles. The molecule has 50 heavy (non-hydrogen) atoms. The van der Waals surface area contributed by atoms with Gasteiger partial charge in [0.2, 0.25) is 17.7 Å². The molecule has 1 atom stereocenters. The van der Waals surface area contributed by atoms with Crippen molar-refractivity contribution in [2.45, 2.75) is 18.9 Å². The number of aromatic hydroxyl groups is 1. The predicted molar refractivity (Wildman–Crippen MR) is 176 cm³/mol. The van der Waals surface area contributed by atoms with Crippen molar-refractivity contribution in [3.63, 3.8) is 0 Å². The van der Waals surface area contributed by atoms with Crippen LogP contribution in [0.4, 0.5) is 25.8 Å². The molecule has 4 aromatic rings. The normalized spacial score (nSPS) is 19.7. The zero-order chi connectivity index (χ0) is 35.6. The summed E-state index contributed by atoms with van der Waals surface area (Å²) in [6.45, 7) is 0.828. The molecule has 3 fully saturated rings. The summed E-state index contributed by atoms with van der Waals surface area (Å²) in [7, 11) is -2.94. The van der Waals surface area contributed by atoms with E-state index in [9.17, 15) is 37.5 Å². The molecular weight excluding hydrogens is 682 g/mol. The van der Waals surface area contributed by atoms with Crippen LogP contribution in [0.5, 0.6) is 5.75 Å². The number of rotatable bonds is 6. The van der Waals surface area contributed by atoms with Crippen LogP contribution in [0.2, 0.25) is 0 Å². The lowest BCUT2D eigenvalue weighted by atomic mass is 10.1. The molecule has 3 aliphatic rings. The van der Waals surface area contributed by atoms with Gasteiger partial charge in [-0.05, 0) is 48.2 Å². The minimum absolute atomic E-state index is 0.0108. The van der Waals surface area contributed by atoms with Crippen molar-refractivity contribution < 1.29 is 41.5 Å². The van der Waals surface area contributed by atoms with Gasteiger partial charge in [0.1, 0.15) is 29.5 Å². The molecule has 3 aromatic carbocycles. The van der Waals surface area contributed by atoms with E-state index in [1.165, 1.54) is 29.8 Å². The molecule has 0 saturated carbocycles. The van der Waals surface area contributed by atoms with E-state index >= 15 is 8.78 Å². The van der Waals surface area contributed by atoms with Gasteiger partial charge < -0.3 is 15.3 Å². The summed E-state index contributed by atoms with van der Waals surface area (Å²) in [5.74, 6) is -4.69. The second kappa shape index (κ2) is 12.1. The van der Waals surface area contributed by atoms with Gasteiger partial charge in [0.25, 0.3) is 5.91 Å². The molecule has 0 spiro atoms. The second-order valence-electron chi connectivity index (χ2n) is 12.3. The molecule has 3 aliphatic heterocycles. The first kappa shape index (κ1) is 33.0. The lowest BCUT2D eigenvalue weighted by Crippen LogP contribution is -2.49. The van der Waals surface area contributed by atoms with E-state index in [0.29, 0.717) is 36.2 Å². The van der Waals surface area contributed by atoms with Crippen LogP contribution in [0.25, 0.3) is 21.8 Å². The van der Waals surface area contributed by atoms with Gasteiger partial charge in [-0.15, -0.1) is 0 Å². The van der Waals surface area contributed by atoms with Gasteiger partial charge in [0.05, 0.1) is 17.7 Å². The molecule has 0 radical (unpaired) electrons. The Morgan fingerprint density at radius 3 is 2.42 bits per heavy atom. The number of amides is 4. The molecule has 7 rings (SSSR count). The van der Waals surface area contributed by atoms with Crippen molar-refractivity contribution in [1.29, 1.82) is 0 Å². The number of piperidine rings is 1. The molecular formula is C31H30F2N8O8S. The molecule has 19 heteroatoms. The fourth-order valence-electron chi connectivity index (χ4n) is 6.74. The predicted octanol–water partition coefficient (Wildman–Crippen LogP) is 0.396.